The van der Waals surface area contributed by atoms with Crippen molar-refractivity contribution in [3.8, 4) is 0 Å². The summed E-state index contributed by atoms with van der Waals surface area (Å²) in [6, 6.07) is -0.441. The summed E-state index contributed by atoms with van der Waals surface area (Å²) in [5.41, 5.74) is 1.08. The van der Waals surface area contributed by atoms with Crippen molar-refractivity contribution in [1.82, 2.24) is 19.4 Å². The zero-order valence-electron chi connectivity index (χ0n) is 11.6. The van der Waals surface area contributed by atoms with Gasteiger partial charge in [0.05, 0.1) is 23.5 Å². The number of nitrogens with zero attached hydrogens (tertiary/aromatic N) is 3. The van der Waals surface area contributed by atoms with Gasteiger partial charge in [-0.25, -0.2) is 8.42 Å². The van der Waals surface area contributed by atoms with Crippen molar-refractivity contribution in [2.24, 2.45) is 7.05 Å². The van der Waals surface area contributed by atoms with Crippen molar-refractivity contribution in [3.63, 3.8) is 0 Å². The minimum Gasteiger partial charge on any atom is -0.390 e. The van der Waals surface area contributed by atoms with Crippen molar-refractivity contribution in [1.29, 1.82) is 0 Å². The molecule has 0 unspecified atom stereocenters. The van der Waals surface area contributed by atoms with Gasteiger partial charge in [0.25, 0.3) is 0 Å². The second-order valence-corrected chi connectivity index (χ2v) is 6.87. The van der Waals surface area contributed by atoms with Gasteiger partial charge in [0.1, 0.15) is 4.90 Å². The number of nitrogens with one attached hydrogen (secondary N) is 1. The number of aryl methyl sites for hydroxylation is 2. The summed E-state index contributed by atoms with van der Waals surface area (Å²) in [6.45, 7) is 4.27. The van der Waals surface area contributed by atoms with Crippen molar-refractivity contribution in [2.75, 3.05) is 20.1 Å². The lowest BCUT2D eigenvalue weighted by Gasteiger charge is -2.25. The third-order valence-electron chi connectivity index (χ3n) is 3.70. The SMILES string of the molecule is Cc1nn(C)c(C)c1S(=O)(=O)N(C)[C@@H]1CNC[C@H]1O. The molecule has 108 valence electrons. The topological polar surface area (TPSA) is 87.5 Å². The molecule has 2 rings (SSSR count). The maximum absolute atomic E-state index is 12.7. The van der Waals surface area contributed by atoms with E-state index in [9.17, 15) is 13.5 Å². The average Bonchev–Trinajstić information content (AvgIpc) is 2.83. The van der Waals surface area contributed by atoms with E-state index in [0.29, 0.717) is 24.5 Å². The van der Waals surface area contributed by atoms with Gasteiger partial charge in [-0.05, 0) is 13.8 Å². The highest BCUT2D eigenvalue weighted by Crippen LogP contribution is 2.24. The Morgan fingerprint density at radius 1 is 1.42 bits per heavy atom. The summed E-state index contributed by atoms with van der Waals surface area (Å²) in [5, 5.41) is 16.9. The monoisotopic (exact) mass is 288 g/mol. The fourth-order valence-electron chi connectivity index (χ4n) is 2.47. The minimum absolute atomic E-state index is 0.233. The van der Waals surface area contributed by atoms with E-state index in [1.165, 1.54) is 11.4 Å². The lowest BCUT2D eigenvalue weighted by atomic mass is 10.2. The van der Waals surface area contributed by atoms with E-state index in [1.807, 2.05) is 0 Å². The summed E-state index contributed by atoms with van der Waals surface area (Å²) in [7, 11) is -0.428. The summed E-state index contributed by atoms with van der Waals surface area (Å²) in [5.74, 6) is 0. The minimum atomic E-state index is -3.65. The van der Waals surface area contributed by atoms with Gasteiger partial charge in [-0.15, -0.1) is 0 Å². The van der Waals surface area contributed by atoms with Crippen LogP contribution in [0.2, 0.25) is 0 Å². The molecule has 0 aliphatic carbocycles. The Morgan fingerprint density at radius 3 is 2.47 bits per heavy atom. The molecule has 1 aliphatic heterocycles. The van der Waals surface area contributed by atoms with Crippen LogP contribution in [0.25, 0.3) is 0 Å². The molecule has 19 heavy (non-hydrogen) atoms. The van der Waals surface area contributed by atoms with E-state index in [1.54, 1.807) is 25.6 Å². The summed E-state index contributed by atoms with van der Waals surface area (Å²) in [4.78, 5) is 0.233. The van der Waals surface area contributed by atoms with Crippen LogP contribution in [0.1, 0.15) is 11.4 Å². The first-order valence-electron chi connectivity index (χ1n) is 6.14. The molecule has 1 aromatic heterocycles. The molecule has 0 amide bonds. The van der Waals surface area contributed by atoms with Gasteiger partial charge in [0.2, 0.25) is 10.0 Å². The molecule has 0 saturated carbocycles. The zero-order chi connectivity index (χ0) is 14.4. The number of hydrogen-bond acceptors (Lipinski definition) is 5. The first kappa shape index (κ1) is 14.4. The van der Waals surface area contributed by atoms with Gasteiger partial charge in [0, 0.05) is 27.2 Å². The fourth-order valence-corrected chi connectivity index (χ4v) is 4.25. The summed E-state index contributed by atoms with van der Waals surface area (Å²) in [6.07, 6.45) is -0.683. The molecule has 1 aliphatic rings. The number of aliphatic hydroxyl groups is 1. The van der Waals surface area contributed by atoms with Crippen LogP contribution in [0.15, 0.2) is 4.90 Å². The third-order valence-corrected chi connectivity index (χ3v) is 5.83. The predicted molar refractivity (Wildman–Crippen MR) is 70.3 cm³/mol. The molecule has 0 aromatic carbocycles. The molecule has 0 radical (unpaired) electrons. The van der Waals surface area contributed by atoms with E-state index in [2.05, 4.69) is 10.4 Å². The van der Waals surface area contributed by atoms with Crippen LogP contribution < -0.4 is 5.32 Å². The molecule has 1 aromatic rings. The van der Waals surface area contributed by atoms with Crippen LogP contribution in [-0.2, 0) is 17.1 Å². The van der Waals surface area contributed by atoms with Gasteiger partial charge in [0.15, 0.2) is 0 Å². The zero-order valence-corrected chi connectivity index (χ0v) is 12.4. The smallest absolute Gasteiger partial charge is 0.246 e. The molecular weight excluding hydrogens is 268 g/mol. The van der Waals surface area contributed by atoms with Crippen molar-refractivity contribution in [2.45, 2.75) is 30.9 Å². The lowest BCUT2D eigenvalue weighted by molar-refractivity contribution is 0.136. The van der Waals surface area contributed by atoms with Gasteiger partial charge in [-0.1, -0.05) is 0 Å². The summed E-state index contributed by atoms with van der Waals surface area (Å²) < 4.78 is 28.1. The standard InChI is InChI=1S/C11H20N4O3S/c1-7-11(8(2)14(3)13-7)19(17,18)15(4)9-5-12-6-10(9)16/h9-10,12,16H,5-6H2,1-4H3/t9-,10-/m1/s1. The first-order valence-corrected chi connectivity index (χ1v) is 7.58. The molecule has 2 N–H and O–H groups in total. The number of rotatable bonds is 3. The second kappa shape index (κ2) is 4.86. The molecular formula is C11H20N4O3S. The number of aromatic nitrogens is 2. The van der Waals surface area contributed by atoms with E-state index in [4.69, 9.17) is 0 Å². The van der Waals surface area contributed by atoms with Crippen LogP contribution in [0.3, 0.4) is 0 Å². The largest absolute Gasteiger partial charge is 0.390 e. The molecule has 0 bridgehead atoms. The van der Waals surface area contributed by atoms with Crippen LogP contribution >= 0.6 is 0 Å². The van der Waals surface area contributed by atoms with E-state index in [0.717, 1.165) is 0 Å². The van der Waals surface area contributed by atoms with Crippen LogP contribution in [0, 0.1) is 13.8 Å². The Hall–Kier alpha value is -0.960. The Bertz CT molecular complexity index is 581. The molecule has 8 heteroatoms. The van der Waals surface area contributed by atoms with Gasteiger partial charge >= 0.3 is 0 Å². The number of hydrogen-bond donors (Lipinski definition) is 2. The number of likely N-dealkylation sites (N-methyl/N-ethyl adjacent to an activating group) is 1. The quantitative estimate of drug-likeness (QED) is 0.744. The van der Waals surface area contributed by atoms with Gasteiger partial charge < -0.3 is 10.4 Å². The Labute approximate surface area is 113 Å². The fraction of sp³-hybridized carbons (Fsp3) is 0.727. The number of sulfonamides is 1. The maximum atomic E-state index is 12.7. The van der Waals surface area contributed by atoms with Gasteiger partial charge in [-0.2, -0.15) is 9.40 Å². The van der Waals surface area contributed by atoms with Crippen LogP contribution in [0.4, 0.5) is 0 Å². The Kier molecular flexibility index (Phi) is 3.69. The number of aliphatic hydroxyl groups excluding tert-OH is 1. The van der Waals surface area contributed by atoms with Crippen molar-refractivity contribution < 1.29 is 13.5 Å². The van der Waals surface area contributed by atoms with Crippen molar-refractivity contribution in [3.05, 3.63) is 11.4 Å². The molecule has 2 atom stereocenters. The molecule has 0 spiro atoms. The maximum Gasteiger partial charge on any atom is 0.246 e. The third kappa shape index (κ3) is 2.29. The van der Waals surface area contributed by atoms with Crippen molar-refractivity contribution >= 4 is 10.0 Å². The Balaban J connectivity index is 2.42. The highest BCUT2D eigenvalue weighted by atomic mass is 32.2. The number of β-amino-alcohol motifs (C(OH)–C–C–N with tert-alkyl or cyclic N) is 1. The molecule has 7 nitrogen and oxygen atoms in total. The van der Waals surface area contributed by atoms with Crippen LogP contribution in [0.5, 0.6) is 0 Å². The van der Waals surface area contributed by atoms with Gasteiger partial charge in [-0.3, -0.25) is 4.68 Å². The Morgan fingerprint density at radius 2 is 2.05 bits per heavy atom. The molecule has 1 saturated heterocycles. The first-order chi connectivity index (χ1) is 8.76. The second-order valence-electron chi connectivity index (χ2n) is 4.94. The van der Waals surface area contributed by atoms with E-state index in [-0.39, 0.29) is 4.90 Å². The molecule has 2 heterocycles. The summed E-state index contributed by atoms with van der Waals surface area (Å²) >= 11 is 0. The predicted octanol–water partition coefficient (Wildman–Crippen LogP) is -1.01. The van der Waals surface area contributed by atoms with Crippen LogP contribution in [-0.4, -0.2) is 59.9 Å². The average molecular weight is 288 g/mol. The normalized spacial score (nSPS) is 24.3. The molecule has 1 fully saturated rings. The highest BCUT2D eigenvalue weighted by molar-refractivity contribution is 7.89. The highest BCUT2D eigenvalue weighted by Gasteiger charge is 2.38. The lowest BCUT2D eigenvalue weighted by Crippen LogP contribution is -2.44. The van der Waals surface area contributed by atoms with E-state index >= 15 is 0 Å². The van der Waals surface area contributed by atoms with E-state index < -0.39 is 22.2 Å².